The Morgan fingerprint density at radius 3 is 2.68 bits per heavy atom. The zero-order valence-electron chi connectivity index (χ0n) is 12.0. The summed E-state index contributed by atoms with van der Waals surface area (Å²) in [7, 11) is 1.90. The average Bonchev–Trinajstić information content (AvgIpc) is 2.35. The van der Waals surface area contributed by atoms with Gasteiger partial charge in [-0.1, -0.05) is 36.2 Å². The van der Waals surface area contributed by atoms with Crippen LogP contribution in [0.15, 0.2) is 24.3 Å². The molecule has 3 nitrogen and oxygen atoms in total. The first-order chi connectivity index (χ1) is 9.07. The van der Waals surface area contributed by atoms with Gasteiger partial charge in [-0.25, -0.2) is 0 Å². The Morgan fingerprint density at radius 1 is 1.42 bits per heavy atom. The molecule has 3 heteroatoms. The van der Waals surface area contributed by atoms with Crippen molar-refractivity contribution in [3.63, 3.8) is 0 Å². The summed E-state index contributed by atoms with van der Waals surface area (Å²) in [5.41, 5.74) is 8.09. The quantitative estimate of drug-likeness (QED) is 0.881. The summed E-state index contributed by atoms with van der Waals surface area (Å²) >= 11 is 0. The second kappa shape index (κ2) is 5.74. The number of nitrogens with two attached hydrogens (primary N) is 1. The predicted molar refractivity (Wildman–Crippen MR) is 77.9 cm³/mol. The molecule has 1 aliphatic rings. The number of hydrogen-bond donors (Lipinski definition) is 1. The standard InChI is InChI=1S/C16H24N2O/c1-13-5-3-6-14(11-13)7-10-18(2)15(19)16(12-17)8-4-9-16/h3,5-6,11H,4,7-10,12,17H2,1-2H3. The van der Waals surface area contributed by atoms with E-state index in [1.165, 1.54) is 11.1 Å². The van der Waals surface area contributed by atoms with Crippen LogP contribution in [-0.2, 0) is 11.2 Å². The van der Waals surface area contributed by atoms with Gasteiger partial charge < -0.3 is 10.6 Å². The van der Waals surface area contributed by atoms with E-state index in [2.05, 4.69) is 31.2 Å². The molecule has 1 aromatic rings. The number of carbonyl (C=O) groups excluding carboxylic acids is 1. The summed E-state index contributed by atoms with van der Waals surface area (Å²) in [4.78, 5) is 14.3. The molecule has 0 bridgehead atoms. The smallest absolute Gasteiger partial charge is 0.229 e. The molecule has 1 aromatic carbocycles. The van der Waals surface area contributed by atoms with E-state index in [1.54, 1.807) is 0 Å². The van der Waals surface area contributed by atoms with Crippen molar-refractivity contribution < 1.29 is 4.79 Å². The number of rotatable bonds is 5. The molecule has 0 aliphatic heterocycles. The molecular formula is C16H24N2O. The largest absolute Gasteiger partial charge is 0.345 e. The molecule has 0 spiro atoms. The fourth-order valence-corrected chi connectivity index (χ4v) is 2.78. The Kier molecular flexibility index (Phi) is 4.25. The summed E-state index contributed by atoms with van der Waals surface area (Å²) in [6, 6.07) is 8.46. The Bertz CT molecular complexity index is 446. The van der Waals surface area contributed by atoms with Gasteiger partial charge in [0.15, 0.2) is 0 Å². The van der Waals surface area contributed by atoms with Crippen LogP contribution in [0.3, 0.4) is 0 Å². The Balaban J connectivity index is 1.91. The highest BCUT2D eigenvalue weighted by molar-refractivity contribution is 5.83. The van der Waals surface area contributed by atoms with E-state index in [-0.39, 0.29) is 11.3 Å². The summed E-state index contributed by atoms with van der Waals surface area (Å²) in [5.74, 6) is 0.230. The van der Waals surface area contributed by atoms with Gasteiger partial charge in [0.2, 0.25) is 5.91 Å². The number of likely N-dealkylation sites (N-methyl/N-ethyl adjacent to an activating group) is 1. The van der Waals surface area contributed by atoms with Crippen LogP contribution >= 0.6 is 0 Å². The Morgan fingerprint density at radius 2 is 2.16 bits per heavy atom. The lowest BCUT2D eigenvalue weighted by atomic mass is 9.68. The third kappa shape index (κ3) is 2.98. The van der Waals surface area contributed by atoms with Gasteiger partial charge in [-0.2, -0.15) is 0 Å². The second-order valence-electron chi connectivity index (χ2n) is 5.80. The molecule has 0 saturated heterocycles. The minimum Gasteiger partial charge on any atom is -0.345 e. The van der Waals surface area contributed by atoms with Gasteiger partial charge in [0.05, 0.1) is 5.41 Å². The van der Waals surface area contributed by atoms with Crippen molar-refractivity contribution in [2.45, 2.75) is 32.6 Å². The molecule has 0 aromatic heterocycles. The molecule has 0 heterocycles. The van der Waals surface area contributed by atoms with E-state index in [4.69, 9.17) is 5.73 Å². The van der Waals surface area contributed by atoms with Gasteiger partial charge >= 0.3 is 0 Å². The number of carbonyl (C=O) groups is 1. The summed E-state index contributed by atoms with van der Waals surface area (Å²) in [6.45, 7) is 3.35. The fourth-order valence-electron chi connectivity index (χ4n) is 2.78. The molecule has 0 atom stereocenters. The van der Waals surface area contributed by atoms with E-state index < -0.39 is 0 Å². The van der Waals surface area contributed by atoms with Crippen LogP contribution in [0.1, 0.15) is 30.4 Å². The third-order valence-corrected chi connectivity index (χ3v) is 4.32. The van der Waals surface area contributed by atoms with E-state index in [9.17, 15) is 4.79 Å². The fraction of sp³-hybridized carbons (Fsp3) is 0.562. The maximum absolute atomic E-state index is 12.4. The summed E-state index contributed by atoms with van der Waals surface area (Å²) in [6.07, 6.45) is 3.95. The van der Waals surface area contributed by atoms with Crippen molar-refractivity contribution in [3.8, 4) is 0 Å². The van der Waals surface area contributed by atoms with Crippen molar-refractivity contribution in [1.82, 2.24) is 4.90 Å². The first-order valence-electron chi connectivity index (χ1n) is 7.09. The number of benzene rings is 1. The molecule has 104 valence electrons. The van der Waals surface area contributed by atoms with Gasteiger partial charge in [-0.3, -0.25) is 4.79 Å². The molecule has 1 fully saturated rings. The number of nitrogens with zero attached hydrogens (tertiary/aromatic N) is 1. The number of amides is 1. The van der Waals surface area contributed by atoms with Crippen LogP contribution in [0.2, 0.25) is 0 Å². The molecule has 19 heavy (non-hydrogen) atoms. The minimum absolute atomic E-state index is 0.230. The third-order valence-electron chi connectivity index (χ3n) is 4.32. The lowest BCUT2D eigenvalue weighted by molar-refractivity contribution is -0.145. The maximum atomic E-state index is 12.4. The van der Waals surface area contributed by atoms with Gasteiger partial charge in [0.1, 0.15) is 0 Å². The van der Waals surface area contributed by atoms with Crippen LogP contribution in [0, 0.1) is 12.3 Å². The van der Waals surface area contributed by atoms with Gasteiger partial charge in [0, 0.05) is 20.1 Å². The predicted octanol–water partition coefficient (Wildman–Crippen LogP) is 2.12. The van der Waals surface area contributed by atoms with E-state index in [0.717, 1.165) is 32.2 Å². The van der Waals surface area contributed by atoms with E-state index in [0.29, 0.717) is 6.54 Å². The molecular weight excluding hydrogens is 236 g/mol. The van der Waals surface area contributed by atoms with Crippen LogP contribution in [0.5, 0.6) is 0 Å². The molecule has 0 radical (unpaired) electrons. The highest BCUT2D eigenvalue weighted by atomic mass is 16.2. The zero-order valence-corrected chi connectivity index (χ0v) is 12.0. The minimum atomic E-state index is -0.249. The lowest BCUT2D eigenvalue weighted by Gasteiger charge is -2.41. The Hall–Kier alpha value is -1.35. The van der Waals surface area contributed by atoms with Crippen molar-refractivity contribution >= 4 is 5.91 Å². The van der Waals surface area contributed by atoms with Crippen molar-refractivity contribution in [2.24, 2.45) is 11.1 Å². The molecule has 1 amide bonds. The van der Waals surface area contributed by atoms with Crippen molar-refractivity contribution in [2.75, 3.05) is 20.1 Å². The van der Waals surface area contributed by atoms with E-state index >= 15 is 0 Å². The molecule has 2 N–H and O–H groups in total. The van der Waals surface area contributed by atoms with Gasteiger partial charge in [-0.15, -0.1) is 0 Å². The second-order valence-corrected chi connectivity index (χ2v) is 5.80. The Labute approximate surface area is 115 Å². The first kappa shape index (κ1) is 14.1. The van der Waals surface area contributed by atoms with Crippen LogP contribution in [-0.4, -0.2) is 30.9 Å². The molecule has 1 aliphatic carbocycles. The highest BCUT2D eigenvalue weighted by Gasteiger charge is 2.44. The maximum Gasteiger partial charge on any atom is 0.229 e. The molecule has 0 unspecified atom stereocenters. The van der Waals surface area contributed by atoms with Crippen LogP contribution < -0.4 is 5.73 Å². The average molecular weight is 260 g/mol. The molecule has 1 saturated carbocycles. The number of aryl methyl sites for hydroxylation is 1. The van der Waals surface area contributed by atoms with Crippen molar-refractivity contribution in [1.29, 1.82) is 0 Å². The van der Waals surface area contributed by atoms with Gasteiger partial charge in [-0.05, 0) is 31.7 Å². The summed E-state index contributed by atoms with van der Waals surface area (Å²) < 4.78 is 0. The normalized spacial score (nSPS) is 16.8. The lowest BCUT2D eigenvalue weighted by Crippen LogP contribution is -2.51. The van der Waals surface area contributed by atoms with Gasteiger partial charge in [0.25, 0.3) is 0 Å². The topological polar surface area (TPSA) is 46.3 Å². The highest BCUT2D eigenvalue weighted by Crippen LogP contribution is 2.41. The molecule has 2 rings (SSSR count). The van der Waals surface area contributed by atoms with Crippen LogP contribution in [0.4, 0.5) is 0 Å². The SMILES string of the molecule is Cc1cccc(CCN(C)C(=O)C2(CN)CCC2)c1. The monoisotopic (exact) mass is 260 g/mol. The first-order valence-corrected chi connectivity index (χ1v) is 7.09. The number of hydrogen-bond acceptors (Lipinski definition) is 2. The zero-order chi connectivity index (χ0) is 13.9. The van der Waals surface area contributed by atoms with E-state index in [1.807, 2.05) is 11.9 Å². The van der Waals surface area contributed by atoms with Crippen molar-refractivity contribution in [3.05, 3.63) is 35.4 Å². The van der Waals surface area contributed by atoms with Crippen LogP contribution in [0.25, 0.3) is 0 Å². The summed E-state index contributed by atoms with van der Waals surface area (Å²) in [5, 5.41) is 0.